The topological polar surface area (TPSA) is 29.1 Å². The summed E-state index contributed by atoms with van der Waals surface area (Å²) >= 11 is 7.50. The van der Waals surface area contributed by atoms with E-state index in [-0.39, 0.29) is 17.0 Å². The van der Waals surface area contributed by atoms with Gasteiger partial charge in [0.15, 0.2) is 0 Å². The van der Waals surface area contributed by atoms with Crippen LogP contribution < -0.4 is 5.32 Å². The van der Waals surface area contributed by atoms with Crippen molar-refractivity contribution in [1.29, 1.82) is 0 Å². The van der Waals surface area contributed by atoms with E-state index in [1.54, 1.807) is 11.3 Å². The van der Waals surface area contributed by atoms with E-state index < -0.39 is 5.82 Å². The van der Waals surface area contributed by atoms with E-state index in [4.69, 9.17) is 11.6 Å². The molecule has 0 spiro atoms. The molecule has 1 heterocycles. The third-order valence-corrected chi connectivity index (χ3v) is 3.85. The van der Waals surface area contributed by atoms with Crippen molar-refractivity contribution >= 4 is 28.8 Å². The summed E-state index contributed by atoms with van der Waals surface area (Å²) in [5, 5.41) is 4.98. The molecule has 0 fully saturated rings. The fourth-order valence-electron chi connectivity index (χ4n) is 1.76. The van der Waals surface area contributed by atoms with Gasteiger partial charge in [0.2, 0.25) is 0 Å². The standard InChI is InChI=1S/C14H13ClFNOS/c1-9(7-11-3-2-6-19-11)17-14(18)12-5-4-10(16)8-13(12)15/h2-6,8-9H,7H2,1H3,(H,17,18). The SMILES string of the molecule is CC(Cc1cccs1)NC(=O)c1ccc(F)cc1Cl. The molecule has 1 N–H and O–H groups in total. The highest BCUT2D eigenvalue weighted by Crippen LogP contribution is 2.17. The predicted molar refractivity (Wildman–Crippen MR) is 76.4 cm³/mol. The van der Waals surface area contributed by atoms with E-state index in [0.717, 1.165) is 12.5 Å². The van der Waals surface area contributed by atoms with Gasteiger partial charge in [-0.15, -0.1) is 11.3 Å². The quantitative estimate of drug-likeness (QED) is 0.911. The van der Waals surface area contributed by atoms with Crippen LogP contribution in [0, 0.1) is 5.82 Å². The largest absolute Gasteiger partial charge is 0.349 e. The van der Waals surface area contributed by atoms with Gasteiger partial charge in [-0.2, -0.15) is 0 Å². The Morgan fingerprint density at radius 1 is 1.47 bits per heavy atom. The highest BCUT2D eigenvalue weighted by atomic mass is 35.5. The van der Waals surface area contributed by atoms with Crippen LogP contribution in [0.3, 0.4) is 0 Å². The molecule has 0 aliphatic carbocycles. The number of hydrogen-bond donors (Lipinski definition) is 1. The van der Waals surface area contributed by atoms with E-state index >= 15 is 0 Å². The van der Waals surface area contributed by atoms with Crippen LogP contribution in [0.5, 0.6) is 0 Å². The molecule has 1 unspecified atom stereocenters. The number of amides is 1. The Morgan fingerprint density at radius 3 is 2.89 bits per heavy atom. The Kier molecular flexibility index (Phi) is 4.56. The molecule has 0 saturated heterocycles. The van der Waals surface area contributed by atoms with Crippen LogP contribution in [0.25, 0.3) is 0 Å². The lowest BCUT2D eigenvalue weighted by Crippen LogP contribution is -2.34. The number of carbonyl (C=O) groups excluding carboxylic acids is 1. The number of carbonyl (C=O) groups is 1. The van der Waals surface area contributed by atoms with Crippen LogP contribution in [0.1, 0.15) is 22.2 Å². The zero-order valence-corrected chi connectivity index (χ0v) is 11.9. The fraction of sp³-hybridized carbons (Fsp3) is 0.214. The number of thiophene rings is 1. The minimum absolute atomic E-state index is 0.00716. The van der Waals surface area contributed by atoms with Crippen molar-refractivity contribution in [1.82, 2.24) is 5.32 Å². The van der Waals surface area contributed by atoms with Crippen molar-refractivity contribution in [2.24, 2.45) is 0 Å². The molecule has 0 bridgehead atoms. The molecule has 2 nitrogen and oxygen atoms in total. The zero-order chi connectivity index (χ0) is 13.8. The first kappa shape index (κ1) is 14.0. The average molecular weight is 298 g/mol. The van der Waals surface area contributed by atoms with Gasteiger partial charge in [-0.05, 0) is 36.6 Å². The van der Waals surface area contributed by atoms with Crippen molar-refractivity contribution in [2.45, 2.75) is 19.4 Å². The van der Waals surface area contributed by atoms with Crippen LogP contribution in [-0.4, -0.2) is 11.9 Å². The summed E-state index contributed by atoms with van der Waals surface area (Å²) in [5.74, 6) is -0.734. The average Bonchev–Trinajstić information content (AvgIpc) is 2.81. The van der Waals surface area contributed by atoms with Crippen molar-refractivity contribution < 1.29 is 9.18 Å². The molecular formula is C14H13ClFNOS. The number of hydrogen-bond acceptors (Lipinski definition) is 2. The summed E-state index contributed by atoms with van der Waals surface area (Å²) in [5.41, 5.74) is 0.293. The summed E-state index contributed by atoms with van der Waals surface area (Å²) < 4.78 is 12.9. The third kappa shape index (κ3) is 3.78. The highest BCUT2D eigenvalue weighted by Gasteiger charge is 2.14. The number of rotatable bonds is 4. The summed E-state index contributed by atoms with van der Waals surface area (Å²) in [6.45, 7) is 1.93. The van der Waals surface area contributed by atoms with E-state index in [2.05, 4.69) is 5.32 Å². The lowest BCUT2D eigenvalue weighted by Gasteiger charge is -2.13. The smallest absolute Gasteiger partial charge is 0.253 e. The Morgan fingerprint density at radius 2 is 2.26 bits per heavy atom. The van der Waals surface area contributed by atoms with Crippen LogP contribution in [-0.2, 0) is 6.42 Å². The molecule has 1 atom stereocenters. The molecule has 1 aromatic carbocycles. The van der Waals surface area contributed by atoms with E-state index in [9.17, 15) is 9.18 Å². The van der Waals surface area contributed by atoms with Gasteiger partial charge in [0.05, 0.1) is 10.6 Å². The molecule has 19 heavy (non-hydrogen) atoms. The van der Waals surface area contributed by atoms with Crippen LogP contribution in [0.15, 0.2) is 35.7 Å². The maximum Gasteiger partial charge on any atom is 0.253 e. The normalized spacial score (nSPS) is 12.2. The second kappa shape index (κ2) is 6.17. The monoisotopic (exact) mass is 297 g/mol. The van der Waals surface area contributed by atoms with Gasteiger partial charge in [-0.25, -0.2) is 4.39 Å². The van der Waals surface area contributed by atoms with Crippen LogP contribution >= 0.6 is 22.9 Å². The van der Waals surface area contributed by atoms with E-state index in [0.29, 0.717) is 5.56 Å². The summed E-state index contributed by atoms with van der Waals surface area (Å²) in [7, 11) is 0. The van der Waals surface area contributed by atoms with Crippen molar-refractivity contribution in [3.63, 3.8) is 0 Å². The molecule has 5 heteroatoms. The van der Waals surface area contributed by atoms with Gasteiger partial charge >= 0.3 is 0 Å². The van der Waals surface area contributed by atoms with Crippen molar-refractivity contribution in [3.05, 3.63) is 57.0 Å². The van der Waals surface area contributed by atoms with Gasteiger partial charge < -0.3 is 5.32 Å². The number of halogens is 2. The van der Waals surface area contributed by atoms with E-state index in [1.165, 1.54) is 17.0 Å². The second-order valence-electron chi connectivity index (χ2n) is 4.28. The summed E-state index contributed by atoms with van der Waals surface area (Å²) in [6.07, 6.45) is 0.766. The predicted octanol–water partition coefficient (Wildman–Crippen LogP) is 3.90. The molecule has 0 aliphatic heterocycles. The number of benzene rings is 1. The maximum absolute atomic E-state index is 12.9. The molecule has 1 amide bonds. The molecule has 0 radical (unpaired) electrons. The molecule has 1 aromatic heterocycles. The Hall–Kier alpha value is -1.39. The molecular weight excluding hydrogens is 285 g/mol. The molecule has 2 rings (SSSR count). The summed E-state index contributed by atoms with van der Waals surface area (Å²) in [4.78, 5) is 13.2. The molecule has 0 aliphatic rings. The third-order valence-electron chi connectivity index (χ3n) is 2.64. The first-order valence-corrected chi connectivity index (χ1v) is 7.10. The molecule has 0 saturated carbocycles. The zero-order valence-electron chi connectivity index (χ0n) is 10.3. The Bertz CT molecular complexity index is 571. The van der Waals surface area contributed by atoms with Gasteiger partial charge in [0.1, 0.15) is 5.82 Å². The Labute approximate surface area is 120 Å². The molecule has 2 aromatic rings. The maximum atomic E-state index is 12.9. The van der Waals surface area contributed by atoms with Gasteiger partial charge in [0.25, 0.3) is 5.91 Å². The highest BCUT2D eigenvalue weighted by molar-refractivity contribution is 7.09. The number of nitrogens with one attached hydrogen (secondary N) is 1. The molecule has 100 valence electrons. The Balaban J connectivity index is 2.00. The minimum Gasteiger partial charge on any atom is -0.349 e. The van der Waals surface area contributed by atoms with Crippen LogP contribution in [0.2, 0.25) is 5.02 Å². The first-order valence-electron chi connectivity index (χ1n) is 5.84. The first-order chi connectivity index (χ1) is 9.06. The van der Waals surface area contributed by atoms with Crippen molar-refractivity contribution in [3.8, 4) is 0 Å². The van der Waals surface area contributed by atoms with Crippen LogP contribution in [0.4, 0.5) is 4.39 Å². The fourth-order valence-corrected chi connectivity index (χ4v) is 2.85. The van der Waals surface area contributed by atoms with Gasteiger partial charge in [-0.1, -0.05) is 17.7 Å². The minimum atomic E-state index is -0.451. The lowest BCUT2D eigenvalue weighted by atomic mass is 10.1. The second-order valence-corrected chi connectivity index (χ2v) is 5.72. The van der Waals surface area contributed by atoms with Crippen molar-refractivity contribution in [2.75, 3.05) is 0 Å². The lowest BCUT2D eigenvalue weighted by molar-refractivity contribution is 0.0940. The van der Waals surface area contributed by atoms with E-state index in [1.807, 2.05) is 24.4 Å². The summed E-state index contributed by atoms with van der Waals surface area (Å²) in [6, 6.07) is 7.76. The van der Waals surface area contributed by atoms with Gasteiger partial charge in [0, 0.05) is 17.3 Å². The van der Waals surface area contributed by atoms with Gasteiger partial charge in [-0.3, -0.25) is 4.79 Å².